The van der Waals surface area contributed by atoms with E-state index in [1.165, 1.54) is 23.1 Å². The number of ketones is 1. The number of hydrogen-bond acceptors (Lipinski definition) is 6. The molecule has 0 aliphatic carbocycles. The number of rotatable bonds is 5. The summed E-state index contributed by atoms with van der Waals surface area (Å²) in [5.74, 6) is 1.06. The SMILES string of the molecule is Cn1c(SCC(=O)c2ccc(Cl)s2)nnc1-c1cccnc1. The van der Waals surface area contributed by atoms with Crippen molar-refractivity contribution in [3.8, 4) is 11.4 Å². The smallest absolute Gasteiger partial charge is 0.191 e. The van der Waals surface area contributed by atoms with Gasteiger partial charge in [0.25, 0.3) is 0 Å². The van der Waals surface area contributed by atoms with Crippen LogP contribution < -0.4 is 0 Å². The van der Waals surface area contributed by atoms with Crippen molar-refractivity contribution in [1.82, 2.24) is 19.7 Å². The maximum atomic E-state index is 12.1. The Balaban J connectivity index is 1.72. The van der Waals surface area contributed by atoms with E-state index in [9.17, 15) is 4.79 Å². The number of pyridine rings is 1. The normalized spacial score (nSPS) is 10.8. The van der Waals surface area contributed by atoms with Crippen molar-refractivity contribution in [1.29, 1.82) is 0 Å². The van der Waals surface area contributed by atoms with Crippen LogP contribution in [-0.2, 0) is 7.05 Å². The maximum absolute atomic E-state index is 12.1. The van der Waals surface area contributed by atoms with Gasteiger partial charge in [-0.3, -0.25) is 9.78 Å². The average molecular weight is 351 g/mol. The van der Waals surface area contributed by atoms with E-state index in [0.29, 0.717) is 20.1 Å². The molecule has 3 aromatic heterocycles. The number of nitrogens with zero attached hydrogens (tertiary/aromatic N) is 4. The molecule has 8 heteroatoms. The molecule has 3 rings (SSSR count). The minimum atomic E-state index is 0.0350. The highest BCUT2D eigenvalue weighted by molar-refractivity contribution is 7.99. The summed E-state index contributed by atoms with van der Waals surface area (Å²) in [6.07, 6.45) is 3.44. The molecule has 3 heterocycles. The summed E-state index contributed by atoms with van der Waals surface area (Å²) in [5, 5.41) is 8.99. The van der Waals surface area contributed by atoms with Crippen molar-refractivity contribution < 1.29 is 4.79 Å². The first-order chi connectivity index (χ1) is 10.6. The second kappa shape index (κ2) is 6.60. The number of thioether (sulfide) groups is 1. The summed E-state index contributed by atoms with van der Waals surface area (Å²) < 4.78 is 2.47. The van der Waals surface area contributed by atoms with Crippen LogP contribution in [0.15, 0.2) is 41.8 Å². The van der Waals surface area contributed by atoms with Gasteiger partial charge in [0.1, 0.15) is 0 Å². The van der Waals surface area contributed by atoms with Crippen molar-refractivity contribution in [2.45, 2.75) is 5.16 Å². The summed E-state index contributed by atoms with van der Waals surface area (Å²) in [4.78, 5) is 16.8. The first-order valence-electron chi connectivity index (χ1n) is 6.36. The number of thiophene rings is 1. The minimum Gasteiger partial charge on any atom is -0.305 e. The second-order valence-electron chi connectivity index (χ2n) is 4.42. The molecular weight excluding hydrogens is 340 g/mol. The second-order valence-corrected chi connectivity index (χ2v) is 7.08. The fraction of sp³-hybridized carbons (Fsp3) is 0.143. The Labute approximate surface area is 140 Å². The van der Waals surface area contributed by atoms with Crippen molar-refractivity contribution in [2.24, 2.45) is 7.05 Å². The van der Waals surface area contributed by atoms with E-state index >= 15 is 0 Å². The van der Waals surface area contributed by atoms with Gasteiger partial charge in [0.2, 0.25) is 0 Å². The predicted molar refractivity (Wildman–Crippen MR) is 88.6 cm³/mol. The van der Waals surface area contributed by atoms with E-state index in [2.05, 4.69) is 15.2 Å². The molecule has 0 spiro atoms. The van der Waals surface area contributed by atoms with Crippen LogP contribution >= 0.6 is 34.7 Å². The lowest BCUT2D eigenvalue weighted by Gasteiger charge is -2.02. The van der Waals surface area contributed by atoms with Gasteiger partial charge >= 0.3 is 0 Å². The van der Waals surface area contributed by atoms with Gasteiger partial charge in [0.05, 0.1) is 15.0 Å². The molecule has 0 unspecified atom stereocenters. The molecule has 22 heavy (non-hydrogen) atoms. The molecule has 112 valence electrons. The van der Waals surface area contributed by atoms with Gasteiger partial charge in [-0.2, -0.15) is 0 Å². The first-order valence-corrected chi connectivity index (χ1v) is 8.54. The molecule has 0 saturated heterocycles. The van der Waals surface area contributed by atoms with E-state index < -0.39 is 0 Å². The lowest BCUT2D eigenvalue weighted by atomic mass is 10.3. The third kappa shape index (κ3) is 3.21. The van der Waals surface area contributed by atoms with Crippen LogP contribution in [0.5, 0.6) is 0 Å². The Morgan fingerprint density at radius 2 is 2.23 bits per heavy atom. The molecule has 0 radical (unpaired) electrons. The van der Waals surface area contributed by atoms with Gasteiger partial charge in [-0.25, -0.2) is 0 Å². The average Bonchev–Trinajstić information content (AvgIpc) is 3.12. The van der Waals surface area contributed by atoms with E-state index in [0.717, 1.165) is 11.4 Å². The number of halogens is 1. The highest BCUT2D eigenvalue weighted by atomic mass is 35.5. The Bertz CT molecular complexity index is 800. The number of Topliss-reactive ketones (excluding diaryl/α,β-unsaturated/α-hetero) is 1. The zero-order valence-electron chi connectivity index (χ0n) is 11.6. The molecule has 0 N–H and O–H groups in total. The fourth-order valence-electron chi connectivity index (χ4n) is 1.85. The lowest BCUT2D eigenvalue weighted by Crippen LogP contribution is -2.02. The Morgan fingerprint density at radius 1 is 1.36 bits per heavy atom. The monoisotopic (exact) mass is 350 g/mol. The first kappa shape index (κ1) is 15.2. The highest BCUT2D eigenvalue weighted by Gasteiger charge is 2.14. The zero-order valence-corrected chi connectivity index (χ0v) is 14.0. The van der Waals surface area contributed by atoms with Crippen molar-refractivity contribution in [2.75, 3.05) is 5.75 Å². The lowest BCUT2D eigenvalue weighted by molar-refractivity contribution is 0.102. The van der Waals surface area contributed by atoms with Crippen LogP contribution in [0, 0.1) is 0 Å². The molecular formula is C14H11ClN4OS2. The zero-order chi connectivity index (χ0) is 15.5. The number of carbonyl (C=O) groups excluding carboxylic acids is 1. The van der Waals surface area contributed by atoms with E-state index in [1.807, 2.05) is 23.7 Å². The molecule has 0 aliphatic heterocycles. The van der Waals surface area contributed by atoms with Crippen molar-refractivity contribution in [3.63, 3.8) is 0 Å². The summed E-state index contributed by atoms with van der Waals surface area (Å²) in [5.41, 5.74) is 0.890. The van der Waals surface area contributed by atoms with Crippen LogP contribution in [-0.4, -0.2) is 31.3 Å². The molecule has 0 atom stereocenters. The molecule has 0 aromatic carbocycles. The van der Waals surface area contributed by atoms with Gasteiger partial charge in [-0.15, -0.1) is 21.5 Å². The van der Waals surface area contributed by atoms with E-state index in [1.54, 1.807) is 24.5 Å². The summed E-state index contributed by atoms with van der Waals surface area (Å²) in [6.45, 7) is 0. The van der Waals surface area contributed by atoms with Gasteiger partial charge in [-0.05, 0) is 24.3 Å². The highest BCUT2D eigenvalue weighted by Crippen LogP contribution is 2.25. The molecule has 0 aliphatic rings. The predicted octanol–water partition coefficient (Wildman–Crippen LogP) is 3.57. The van der Waals surface area contributed by atoms with E-state index in [4.69, 9.17) is 11.6 Å². The van der Waals surface area contributed by atoms with Crippen LogP contribution in [0.3, 0.4) is 0 Å². The van der Waals surface area contributed by atoms with Crippen LogP contribution in [0.25, 0.3) is 11.4 Å². The molecule has 3 aromatic rings. The largest absolute Gasteiger partial charge is 0.305 e. The summed E-state index contributed by atoms with van der Waals surface area (Å²) >= 11 is 8.49. The summed E-state index contributed by atoms with van der Waals surface area (Å²) in [7, 11) is 1.87. The molecule has 0 fully saturated rings. The Morgan fingerprint density at radius 3 is 2.91 bits per heavy atom. The van der Waals surface area contributed by atoms with Crippen LogP contribution in [0.4, 0.5) is 0 Å². The van der Waals surface area contributed by atoms with Gasteiger partial charge in [0, 0.05) is 25.0 Å². The van der Waals surface area contributed by atoms with Gasteiger partial charge in [0.15, 0.2) is 16.8 Å². The third-order valence-electron chi connectivity index (χ3n) is 2.94. The summed E-state index contributed by atoms with van der Waals surface area (Å²) in [6, 6.07) is 7.24. The standard InChI is InChI=1S/C14H11ClN4OS2/c1-19-13(9-3-2-6-16-7-9)17-18-14(19)21-8-10(20)11-4-5-12(15)22-11/h2-7H,8H2,1H3. The molecule has 5 nitrogen and oxygen atoms in total. The van der Waals surface area contributed by atoms with Crippen LogP contribution in [0.1, 0.15) is 9.67 Å². The van der Waals surface area contributed by atoms with Gasteiger partial charge < -0.3 is 4.57 Å². The number of carbonyl (C=O) groups is 1. The quantitative estimate of drug-likeness (QED) is 0.520. The molecule has 0 saturated carbocycles. The maximum Gasteiger partial charge on any atom is 0.191 e. The van der Waals surface area contributed by atoms with E-state index in [-0.39, 0.29) is 5.78 Å². The number of aromatic nitrogens is 4. The Hall–Kier alpha value is -1.70. The minimum absolute atomic E-state index is 0.0350. The van der Waals surface area contributed by atoms with Crippen LogP contribution in [0.2, 0.25) is 4.34 Å². The molecule has 0 bridgehead atoms. The Kier molecular flexibility index (Phi) is 4.56. The fourth-order valence-corrected chi connectivity index (χ4v) is 3.72. The molecule has 0 amide bonds. The third-order valence-corrected chi connectivity index (χ3v) is 5.23. The van der Waals surface area contributed by atoms with Crippen molar-refractivity contribution >= 4 is 40.5 Å². The topological polar surface area (TPSA) is 60.7 Å². The number of hydrogen-bond donors (Lipinski definition) is 0. The van der Waals surface area contributed by atoms with Crippen molar-refractivity contribution in [3.05, 3.63) is 45.9 Å². The van der Waals surface area contributed by atoms with Gasteiger partial charge in [-0.1, -0.05) is 23.4 Å².